The Morgan fingerprint density at radius 2 is 1.36 bits per heavy atom. The van der Waals surface area contributed by atoms with Gasteiger partial charge in [-0.2, -0.15) is 0 Å². The number of nitrogens with zero attached hydrogens (tertiary/aromatic N) is 4. The second-order valence-electron chi connectivity index (χ2n) is 6.18. The van der Waals surface area contributed by atoms with Gasteiger partial charge in [-0.1, -0.05) is 0 Å². The molecule has 0 spiro atoms. The van der Waals surface area contributed by atoms with Crippen LogP contribution in [0, 0.1) is 13.8 Å². The fraction of sp³-hybridized carbons (Fsp3) is 0.444. The molecule has 3 rings (SSSR count). The molecule has 118 valence electrons. The molecule has 2 aliphatic rings. The minimum Gasteiger partial charge on any atom is -0.359 e. The van der Waals surface area contributed by atoms with E-state index in [2.05, 4.69) is 62.2 Å². The van der Waals surface area contributed by atoms with E-state index in [-0.39, 0.29) is 12.3 Å². The zero-order valence-corrected chi connectivity index (χ0v) is 13.9. The number of rotatable bonds is 2. The molecule has 0 aliphatic carbocycles. The van der Waals surface area contributed by atoms with Gasteiger partial charge in [0.25, 0.3) is 0 Å². The first-order valence-electron chi connectivity index (χ1n) is 9.16. The lowest BCUT2D eigenvalue weighted by Gasteiger charge is -2.33. The summed E-state index contributed by atoms with van der Waals surface area (Å²) < 4.78 is 23.1. The van der Waals surface area contributed by atoms with E-state index in [0.29, 0.717) is 0 Å². The highest BCUT2D eigenvalue weighted by atomic mass is 15.4. The van der Waals surface area contributed by atoms with E-state index in [4.69, 9.17) is 4.11 Å². The van der Waals surface area contributed by atoms with E-state index in [1.807, 2.05) is 18.0 Å². The molecule has 0 aromatic heterocycles. The highest BCUT2D eigenvalue weighted by molar-refractivity contribution is 5.72. The van der Waals surface area contributed by atoms with Crippen LogP contribution >= 0.6 is 0 Å². The SMILES string of the molecule is [2H]C([2H])([2H])N1C=CN(c2cc(C)cc(N3C=CN(C)[C@@H]3C)c2C)[C@@H]1C. The Balaban J connectivity index is 1.99. The van der Waals surface area contributed by atoms with Gasteiger partial charge in [-0.3, -0.25) is 0 Å². The molecule has 2 heterocycles. The van der Waals surface area contributed by atoms with Crippen LogP contribution in [-0.4, -0.2) is 36.2 Å². The standard InChI is InChI=1S/C18H26N4/c1-13-11-17(21-9-7-19(5)15(21)3)14(2)18(12-13)22-10-8-20(6)16(22)4/h7-12,15-16H,1-6H3/t15-,16+/i5D3/m1/s1. The van der Waals surface area contributed by atoms with Crippen LogP contribution in [0.15, 0.2) is 36.9 Å². The van der Waals surface area contributed by atoms with Crippen molar-refractivity contribution in [3.63, 3.8) is 0 Å². The summed E-state index contributed by atoms with van der Waals surface area (Å²) in [6.45, 7) is 6.12. The predicted octanol–water partition coefficient (Wildman–Crippen LogP) is 3.44. The molecule has 0 radical (unpaired) electrons. The summed E-state index contributed by atoms with van der Waals surface area (Å²) in [5.74, 6) is 0. The van der Waals surface area contributed by atoms with E-state index >= 15 is 0 Å². The van der Waals surface area contributed by atoms with Crippen LogP contribution in [0.2, 0.25) is 0 Å². The van der Waals surface area contributed by atoms with Gasteiger partial charge in [0.1, 0.15) is 12.3 Å². The highest BCUT2D eigenvalue weighted by Gasteiger charge is 2.26. The molecule has 0 unspecified atom stereocenters. The minimum atomic E-state index is -2.14. The molecule has 4 nitrogen and oxygen atoms in total. The fourth-order valence-electron chi connectivity index (χ4n) is 3.07. The van der Waals surface area contributed by atoms with E-state index in [9.17, 15) is 0 Å². The van der Waals surface area contributed by atoms with Gasteiger partial charge in [-0.15, -0.1) is 0 Å². The zero-order valence-electron chi connectivity index (χ0n) is 16.9. The third-order valence-electron chi connectivity index (χ3n) is 4.70. The molecule has 0 saturated heterocycles. The Labute approximate surface area is 138 Å². The van der Waals surface area contributed by atoms with Crippen molar-refractivity contribution in [1.29, 1.82) is 0 Å². The smallest absolute Gasteiger partial charge is 0.102 e. The lowest BCUT2D eigenvalue weighted by atomic mass is 10.1. The number of hydrogen-bond donors (Lipinski definition) is 0. The summed E-state index contributed by atoms with van der Waals surface area (Å²) in [4.78, 5) is 7.86. The molecule has 22 heavy (non-hydrogen) atoms. The Kier molecular flexibility index (Phi) is 2.75. The first kappa shape index (κ1) is 11.5. The maximum atomic E-state index is 7.69. The normalized spacial score (nSPS) is 26.7. The summed E-state index contributed by atoms with van der Waals surface area (Å²) in [7, 11) is 2.06. The molecule has 4 heteroatoms. The van der Waals surface area contributed by atoms with Crippen molar-refractivity contribution in [2.75, 3.05) is 23.8 Å². The molecule has 1 aromatic rings. The van der Waals surface area contributed by atoms with E-state index < -0.39 is 6.98 Å². The number of anilines is 2. The number of benzene rings is 1. The lowest BCUT2D eigenvalue weighted by molar-refractivity contribution is 0.381. The van der Waals surface area contributed by atoms with Crippen molar-refractivity contribution in [2.24, 2.45) is 0 Å². The molecule has 2 atom stereocenters. The Morgan fingerprint density at radius 3 is 1.82 bits per heavy atom. The quantitative estimate of drug-likeness (QED) is 0.829. The van der Waals surface area contributed by atoms with Crippen LogP contribution in [0.1, 0.15) is 29.1 Å². The summed E-state index contributed by atoms with van der Waals surface area (Å²) >= 11 is 0. The maximum absolute atomic E-state index is 7.69. The lowest BCUT2D eigenvalue weighted by Crippen LogP contribution is -2.35. The van der Waals surface area contributed by atoms with Crippen LogP contribution in [-0.2, 0) is 0 Å². The van der Waals surface area contributed by atoms with Crippen molar-refractivity contribution >= 4 is 11.4 Å². The summed E-state index contributed by atoms with van der Waals surface area (Å²) in [5.41, 5.74) is 4.48. The highest BCUT2D eigenvalue weighted by Crippen LogP contribution is 2.36. The Hall–Kier alpha value is -2.10. The molecule has 2 aliphatic heterocycles. The number of aryl methyl sites for hydroxylation is 1. The largest absolute Gasteiger partial charge is 0.359 e. The van der Waals surface area contributed by atoms with E-state index in [1.165, 1.54) is 4.90 Å². The number of hydrogen-bond acceptors (Lipinski definition) is 4. The molecule has 1 aromatic carbocycles. The van der Waals surface area contributed by atoms with E-state index in [0.717, 1.165) is 22.5 Å². The Bertz CT molecular complexity index is 726. The summed E-state index contributed by atoms with van der Waals surface area (Å²) in [5, 5.41) is 0. The van der Waals surface area contributed by atoms with Crippen LogP contribution < -0.4 is 9.80 Å². The first-order valence-corrected chi connectivity index (χ1v) is 7.66. The van der Waals surface area contributed by atoms with Crippen molar-refractivity contribution in [3.8, 4) is 0 Å². The van der Waals surface area contributed by atoms with Crippen LogP contribution in [0.25, 0.3) is 0 Å². The molecule has 0 fully saturated rings. The van der Waals surface area contributed by atoms with Crippen molar-refractivity contribution in [1.82, 2.24) is 9.80 Å². The van der Waals surface area contributed by atoms with Gasteiger partial charge in [0, 0.05) is 54.3 Å². The maximum Gasteiger partial charge on any atom is 0.102 e. The van der Waals surface area contributed by atoms with Gasteiger partial charge < -0.3 is 19.6 Å². The van der Waals surface area contributed by atoms with Crippen LogP contribution in [0.3, 0.4) is 0 Å². The minimum absolute atomic E-state index is 0.249. The average Bonchev–Trinajstić information content (AvgIpc) is 3.05. The van der Waals surface area contributed by atoms with E-state index in [1.54, 1.807) is 6.20 Å². The van der Waals surface area contributed by atoms with Gasteiger partial charge in [-0.05, 0) is 51.0 Å². The second-order valence-corrected chi connectivity index (χ2v) is 6.18. The second kappa shape index (κ2) is 5.27. The van der Waals surface area contributed by atoms with Crippen molar-refractivity contribution in [3.05, 3.63) is 48.1 Å². The third-order valence-corrected chi connectivity index (χ3v) is 4.70. The molecule has 0 N–H and O–H groups in total. The molecule has 0 saturated carbocycles. The van der Waals surface area contributed by atoms with Crippen molar-refractivity contribution in [2.45, 2.75) is 40.0 Å². The monoisotopic (exact) mass is 301 g/mol. The van der Waals surface area contributed by atoms with Gasteiger partial charge in [0.2, 0.25) is 0 Å². The molecular formula is C18H26N4. The Morgan fingerprint density at radius 1 is 0.864 bits per heavy atom. The van der Waals surface area contributed by atoms with Crippen LogP contribution in [0.4, 0.5) is 11.4 Å². The van der Waals surface area contributed by atoms with Gasteiger partial charge in [0.15, 0.2) is 0 Å². The predicted molar refractivity (Wildman–Crippen MR) is 93.6 cm³/mol. The summed E-state index contributed by atoms with van der Waals surface area (Å²) in [6, 6.07) is 4.31. The van der Waals surface area contributed by atoms with Gasteiger partial charge >= 0.3 is 0 Å². The van der Waals surface area contributed by atoms with Crippen LogP contribution in [0.5, 0.6) is 0 Å². The summed E-state index contributed by atoms with van der Waals surface area (Å²) in [6.07, 6.45) is 7.67. The third kappa shape index (κ3) is 2.23. The first-order chi connectivity index (χ1) is 11.6. The average molecular weight is 301 g/mol. The molecular weight excluding hydrogens is 272 g/mol. The zero-order chi connectivity index (χ0) is 18.5. The van der Waals surface area contributed by atoms with Gasteiger partial charge in [-0.25, -0.2) is 0 Å². The van der Waals surface area contributed by atoms with Crippen molar-refractivity contribution < 1.29 is 4.11 Å². The molecule has 0 amide bonds. The van der Waals surface area contributed by atoms with Gasteiger partial charge in [0.05, 0.1) is 0 Å². The topological polar surface area (TPSA) is 13.0 Å². The molecule has 0 bridgehead atoms. The fourth-order valence-corrected chi connectivity index (χ4v) is 3.07.